The van der Waals surface area contributed by atoms with Gasteiger partial charge in [0.1, 0.15) is 5.75 Å². The van der Waals surface area contributed by atoms with Gasteiger partial charge < -0.3 is 14.6 Å². The largest absolute Gasteiger partial charge is 0.497 e. The van der Waals surface area contributed by atoms with E-state index in [2.05, 4.69) is 22.4 Å². The van der Waals surface area contributed by atoms with Gasteiger partial charge in [-0.3, -0.25) is 13.9 Å². The summed E-state index contributed by atoms with van der Waals surface area (Å²) in [7, 11) is 4.75. The number of nitrogens with zero attached hydrogens (tertiary/aromatic N) is 4. The number of ether oxygens (including phenoxy) is 1. The van der Waals surface area contributed by atoms with Gasteiger partial charge in [0.2, 0.25) is 0 Å². The van der Waals surface area contributed by atoms with E-state index in [-0.39, 0.29) is 17.3 Å². The molecule has 0 saturated carbocycles. The van der Waals surface area contributed by atoms with Crippen molar-refractivity contribution in [2.75, 3.05) is 13.7 Å². The molecule has 2 aromatic carbocycles. The van der Waals surface area contributed by atoms with E-state index in [0.717, 1.165) is 21.4 Å². The minimum Gasteiger partial charge on any atom is -0.497 e. The Labute approximate surface area is 179 Å². The molecular weight excluding hydrogens is 394 g/mol. The molecule has 8 heteroatoms. The lowest BCUT2D eigenvalue weighted by molar-refractivity contribution is 0.414. The van der Waals surface area contributed by atoms with Crippen molar-refractivity contribution in [1.29, 1.82) is 0 Å². The monoisotopic (exact) mass is 419 g/mol. The maximum absolute atomic E-state index is 12.6. The number of fused-ring (bicyclic) bond motifs is 1. The highest BCUT2D eigenvalue weighted by Crippen LogP contribution is 2.24. The second kappa shape index (κ2) is 8.61. The Balaban J connectivity index is 1.60. The van der Waals surface area contributed by atoms with Crippen molar-refractivity contribution in [3.05, 3.63) is 92.9 Å². The zero-order valence-electron chi connectivity index (χ0n) is 17.8. The number of aromatic nitrogens is 4. The van der Waals surface area contributed by atoms with Gasteiger partial charge in [-0.2, -0.15) is 0 Å². The average Bonchev–Trinajstić information content (AvgIpc) is 3.24. The molecule has 0 radical (unpaired) electrons. The zero-order chi connectivity index (χ0) is 22.0. The third-order valence-electron chi connectivity index (χ3n) is 5.50. The van der Waals surface area contributed by atoms with Crippen LogP contribution in [0.15, 0.2) is 70.5 Å². The van der Waals surface area contributed by atoms with E-state index in [1.165, 1.54) is 11.6 Å². The van der Waals surface area contributed by atoms with Gasteiger partial charge in [0.25, 0.3) is 5.56 Å². The van der Waals surface area contributed by atoms with Crippen molar-refractivity contribution in [2.45, 2.75) is 12.6 Å². The first-order valence-corrected chi connectivity index (χ1v) is 10.0. The van der Waals surface area contributed by atoms with Crippen molar-refractivity contribution in [3.8, 4) is 5.75 Å². The molecule has 0 amide bonds. The van der Waals surface area contributed by atoms with E-state index in [1.807, 2.05) is 42.5 Å². The van der Waals surface area contributed by atoms with Crippen LogP contribution >= 0.6 is 0 Å². The van der Waals surface area contributed by atoms with Crippen molar-refractivity contribution < 1.29 is 4.74 Å². The number of imidazole rings is 1. The van der Waals surface area contributed by atoms with Crippen molar-refractivity contribution in [1.82, 2.24) is 24.0 Å². The molecule has 0 aliphatic carbocycles. The molecule has 0 aliphatic rings. The van der Waals surface area contributed by atoms with Crippen LogP contribution in [-0.4, -0.2) is 32.3 Å². The van der Waals surface area contributed by atoms with Crippen LogP contribution in [0.5, 0.6) is 5.75 Å². The number of hydrogen-bond donors (Lipinski definition) is 1. The normalized spacial score (nSPS) is 12.2. The first-order chi connectivity index (χ1) is 15.0. The van der Waals surface area contributed by atoms with Gasteiger partial charge in [-0.05, 0) is 23.3 Å². The lowest BCUT2D eigenvalue weighted by Gasteiger charge is -2.20. The topological polar surface area (TPSA) is 83.1 Å². The van der Waals surface area contributed by atoms with Crippen LogP contribution in [0.3, 0.4) is 0 Å². The van der Waals surface area contributed by atoms with Gasteiger partial charge in [-0.25, -0.2) is 9.78 Å². The molecule has 4 rings (SSSR count). The molecule has 1 atom stereocenters. The van der Waals surface area contributed by atoms with Crippen molar-refractivity contribution >= 4 is 11.2 Å². The molecule has 160 valence electrons. The summed E-state index contributed by atoms with van der Waals surface area (Å²) in [5, 5.41) is 3.59. The summed E-state index contributed by atoms with van der Waals surface area (Å²) in [6.07, 6.45) is 1.61. The highest BCUT2D eigenvalue weighted by molar-refractivity contribution is 5.69. The van der Waals surface area contributed by atoms with E-state index in [9.17, 15) is 9.59 Å². The third-order valence-corrected chi connectivity index (χ3v) is 5.50. The Hall–Kier alpha value is -3.65. The minimum absolute atomic E-state index is 0.0194. The smallest absolute Gasteiger partial charge is 0.332 e. The summed E-state index contributed by atoms with van der Waals surface area (Å²) in [6.45, 7) is 1.13. The van der Waals surface area contributed by atoms with Crippen molar-refractivity contribution in [3.63, 3.8) is 0 Å². The third kappa shape index (κ3) is 3.89. The van der Waals surface area contributed by atoms with E-state index in [0.29, 0.717) is 24.3 Å². The number of methoxy groups -OCH3 is 1. The Morgan fingerprint density at radius 3 is 2.32 bits per heavy atom. The highest BCUT2D eigenvalue weighted by Gasteiger charge is 2.16. The quantitative estimate of drug-likeness (QED) is 0.494. The lowest BCUT2D eigenvalue weighted by Crippen LogP contribution is -2.37. The van der Waals surface area contributed by atoms with Gasteiger partial charge >= 0.3 is 5.69 Å². The SMILES string of the molecule is COc1ccc([C@H](NCCn2cnc3c2c(=O)n(C)c(=O)n3C)c2ccccc2)cc1. The van der Waals surface area contributed by atoms with Crippen LogP contribution in [-0.2, 0) is 20.6 Å². The standard InChI is InChI=1S/C23H25N5O3/c1-26-21-20(22(29)27(2)23(26)30)28(15-25-21)14-13-24-19(16-7-5-4-6-8-16)17-9-11-18(31-3)12-10-17/h4-12,15,19,24H,13-14H2,1-3H3/t19-/m1/s1. The molecule has 0 fully saturated rings. The molecule has 8 nitrogen and oxygen atoms in total. The lowest BCUT2D eigenvalue weighted by atomic mass is 9.98. The molecule has 31 heavy (non-hydrogen) atoms. The summed E-state index contributed by atoms with van der Waals surface area (Å²) in [5.41, 5.74) is 2.34. The van der Waals surface area contributed by atoms with Gasteiger partial charge in [-0.15, -0.1) is 0 Å². The van der Waals surface area contributed by atoms with E-state index >= 15 is 0 Å². The van der Waals surface area contributed by atoms with E-state index < -0.39 is 0 Å². The summed E-state index contributed by atoms with van der Waals surface area (Å²) < 4.78 is 9.57. The molecule has 0 unspecified atom stereocenters. The Morgan fingerprint density at radius 1 is 0.968 bits per heavy atom. The maximum Gasteiger partial charge on any atom is 0.332 e. The summed E-state index contributed by atoms with van der Waals surface area (Å²) >= 11 is 0. The molecule has 2 aromatic heterocycles. The Morgan fingerprint density at radius 2 is 1.65 bits per heavy atom. The Bertz CT molecular complexity index is 1300. The first-order valence-electron chi connectivity index (χ1n) is 10.0. The second-order valence-electron chi connectivity index (χ2n) is 7.39. The van der Waals surface area contributed by atoms with Gasteiger partial charge in [0, 0.05) is 27.2 Å². The average molecular weight is 419 g/mol. The Kier molecular flexibility index (Phi) is 5.73. The molecule has 2 heterocycles. The molecule has 0 spiro atoms. The predicted octanol–water partition coefficient (Wildman–Crippen LogP) is 1.82. The fourth-order valence-corrected chi connectivity index (χ4v) is 3.77. The van der Waals surface area contributed by atoms with Crippen LogP contribution in [0.2, 0.25) is 0 Å². The molecule has 0 aliphatic heterocycles. The minimum atomic E-state index is -0.385. The highest BCUT2D eigenvalue weighted by atomic mass is 16.5. The van der Waals surface area contributed by atoms with Gasteiger partial charge in [0.05, 0.1) is 19.5 Å². The summed E-state index contributed by atoms with van der Waals surface area (Å²) in [6, 6.07) is 18.1. The number of benzene rings is 2. The maximum atomic E-state index is 12.6. The number of aryl methyl sites for hydroxylation is 1. The molecule has 0 bridgehead atoms. The van der Waals surface area contributed by atoms with Crippen LogP contribution in [0, 0.1) is 0 Å². The second-order valence-corrected chi connectivity index (χ2v) is 7.39. The molecule has 1 N–H and O–H groups in total. The predicted molar refractivity (Wildman–Crippen MR) is 119 cm³/mol. The number of nitrogens with one attached hydrogen (secondary N) is 1. The number of hydrogen-bond acceptors (Lipinski definition) is 5. The fourth-order valence-electron chi connectivity index (χ4n) is 3.77. The first kappa shape index (κ1) is 20.6. The van der Waals surface area contributed by atoms with E-state index in [4.69, 9.17) is 4.74 Å². The van der Waals surface area contributed by atoms with Crippen LogP contribution in [0.1, 0.15) is 17.2 Å². The number of rotatable bonds is 7. The van der Waals surface area contributed by atoms with Gasteiger partial charge in [0.15, 0.2) is 11.2 Å². The molecule has 0 saturated heterocycles. The van der Waals surface area contributed by atoms with Crippen molar-refractivity contribution in [2.24, 2.45) is 14.1 Å². The fraction of sp³-hybridized carbons (Fsp3) is 0.261. The van der Waals surface area contributed by atoms with Crippen LogP contribution in [0.25, 0.3) is 11.2 Å². The van der Waals surface area contributed by atoms with Gasteiger partial charge in [-0.1, -0.05) is 42.5 Å². The summed E-state index contributed by atoms with van der Waals surface area (Å²) in [5.74, 6) is 0.807. The summed E-state index contributed by atoms with van der Waals surface area (Å²) in [4.78, 5) is 29.1. The van der Waals surface area contributed by atoms with Crippen LogP contribution in [0.4, 0.5) is 0 Å². The molecular formula is C23H25N5O3. The van der Waals surface area contributed by atoms with Crippen LogP contribution < -0.4 is 21.3 Å². The van der Waals surface area contributed by atoms with E-state index in [1.54, 1.807) is 25.1 Å². The zero-order valence-corrected chi connectivity index (χ0v) is 17.8. The molecule has 4 aromatic rings.